The lowest BCUT2D eigenvalue weighted by Crippen LogP contribution is -2.23. The second-order valence-corrected chi connectivity index (χ2v) is 4.59. The van der Waals surface area contributed by atoms with Crippen LogP contribution in [-0.4, -0.2) is 21.9 Å². The summed E-state index contributed by atoms with van der Waals surface area (Å²) in [7, 11) is 1.56. The van der Waals surface area contributed by atoms with Crippen molar-refractivity contribution in [3.05, 3.63) is 50.1 Å². The van der Waals surface area contributed by atoms with Gasteiger partial charge >= 0.3 is 0 Å². The maximum atomic E-state index is 11.6. The molecule has 0 bridgehead atoms. The molecule has 5 nitrogen and oxygen atoms in total. The van der Waals surface area contributed by atoms with E-state index in [0.717, 1.165) is 9.26 Å². The summed E-state index contributed by atoms with van der Waals surface area (Å²) in [6.45, 7) is 0.340. The zero-order chi connectivity index (χ0) is 12.3. The van der Waals surface area contributed by atoms with Crippen molar-refractivity contribution >= 4 is 22.6 Å². The summed E-state index contributed by atoms with van der Waals surface area (Å²) in [4.78, 5) is 15.9. The number of halogens is 1. The molecule has 0 aliphatic heterocycles. The van der Waals surface area contributed by atoms with Crippen molar-refractivity contribution in [2.24, 2.45) is 0 Å². The molecular formula is C11H10IN3O2. The molecule has 0 unspecified atom stereocenters. The lowest BCUT2D eigenvalue weighted by Gasteiger charge is -2.05. The van der Waals surface area contributed by atoms with Crippen molar-refractivity contribution in [3.8, 4) is 5.88 Å². The predicted octanol–water partition coefficient (Wildman–Crippen LogP) is 1.30. The van der Waals surface area contributed by atoms with Gasteiger partial charge in [-0.3, -0.25) is 4.79 Å². The number of nitrogens with zero attached hydrogens (tertiary/aromatic N) is 3. The van der Waals surface area contributed by atoms with Crippen LogP contribution in [0.5, 0.6) is 5.88 Å². The maximum absolute atomic E-state index is 11.6. The second-order valence-electron chi connectivity index (χ2n) is 3.34. The summed E-state index contributed by atoms with van der Waals surface area (Å²) < 4.78 is 7.21. The minimum absolute atomic E-state index is 0.137. The number of hydrogen-bond acceptors (Lipinski definition) is 4. The van der Waals surface area contributed by atoms with E-state index in [1.165, 1.54) is 10.7 Å². The van der Waals surface area contributed by atoms with Gasteiger partial charge in [-0.25, -0.2) is 9.67 Å². The fraction of sp³-hybridized carbons (Fsp3) is 0.182. The summed E-state index contributed by atoms with van der Waals surface area (Å²) in [6, 6.07) is 6.95. The van der Waals surface area contributed by atoms with Crippen molar-refractivity contribution in [1.29, 1.82) is 0 Å². The quantitative estimate of drug-likeness (QED) is 0.789. The molecule has 0 spiro atoms. The van der Waals surface area contributed by atoms with E-state index in [1.54, 1.807) is 19.4 Å². The van der Waals surface area contributed by atoms with Crippen LogP contribution in [0.3, 0.4) is 0 Å². The standard InChI is InChI=1S/C11H10IN3O2/c1-17-10-4-2-3-9(14-10)7-15-11(16)5-8(12)6-13-15/h2-6H,7H2,1H3. The Balaban J connectivity index is 2.28. The van der Waals surface area contributed by atoms with E-state index in [1.807, 2.05) is 12.1 Å². The van der Waals surface area contributed by atoms with Crippen LogP contribution < -0.4 is 10.3 Å². The lowest BCUT2D eigenvalue weighted by atomic mass is 10.3. The van der Waals surface area contributed by atoms with E-state index in [-0.39, 0.29) is 5.56 Å². The Morgan fingerprint density at radius 1 is 1.47 bits per heavy atom. The number of hydrogen-bond donors (Lipinski definition) is 0. The van der Waals surface area contributed by atoms with Crippen LogP contribution in [0.15, 0.2) is 35.3 Å². The van der Waals surface area contributed by atoms with E-state index >= 15 is 0 Å². The molecule has 2 aromatic heterocycles. The average Bonchev–Trinajstić information content (AvgIpc) is 2.33. The van der Waals surface area contributed by atoms with Crippen molar-refractivity contribution < 1.29 is 4.74 Å². The Hall–Kier alpha value is -1.44. The Kier molecular flexibility index (Phi) is 3.72. The number of rotatable bonds is 3. The fourth-order valence-corrected chi connectivity index (χ4v) is 1.73. The molecule has 0 fully saturated rings. The Labute approximate surface area is 112 Å². The summed E-state index contributed by atoms with van der Waals surface area (Å²) in [5.41, 5.74) is 0.599. The average molecular weight is 343 g/mol. The summed E-state index contributed by atoms with van der Waals surface area (Å²) in [5.74, 6) is 0.529. The van der Waals surface area contributed by atoms with E-state index in [9.17, 15) is 4.79 Å². The van der Waals surface area contributed by atoms with E-state index in [0.29, 0.717) is 12.4 Å². The van der Waals surface area contributed by atoms with Gasteiger partial charge in [-0.1, -0.05) is 6.07 Å². The van der Waals surface area contributed by atoms with Crippen molar-refractivity contribution in [2.45, 2.75) is 6.54 Å². The Morgan fingerprint density at radius 3 is 3.00 bits per heavy atom. The van der Waals surface area contributed by atoms with Gasteiger partial charge in [0.25, 0.3) is 5.56 Å². The molecule has 0 N–H and O–H groups in total. The first-order valence-corrected chi connectivity index (χ1v) is 5.99. The van der Waals surface area contributed by atoms with Gasteiger partial charge in [0.1, 0.15) is 0 Å². The van der Waals surface area contributed by atoms with E-state index in [2.05, 4.69) is 32.7 Å². The molecule has 6 heteroatoms. The van der Waals surface area contributed by atoms with Crippen LogP contribution in [0.25, 0.3) is 0 Å². The number of pyridine rings is 1. The molecule has 0 aromatic carbocycles. The molecular weight excluding hydrogens is 333 g/mol. The SMILES string of the molecule is COc1cccc(Cn2ncc(I)cc2=O)n1. The monoisotopic (exact) mass is 343 g/mol. The highest BCUT2D eigenvalue weighted by Gasteiger charge is 2.02. The first-order chi connectivity index (χ1) is 8.19. The van der Waals surface area contributed by atoms with E-state index < -0.39 is 0 Å². The molecule has 0 aliphatic carbocycles. The minimum atomic E-state index is -0.137. The van der Waals surface area contributed by atoms with Gasteiger partial charge in [0, 0.05) is 15.7 Å². The topological polar surface area (TPSA) is 57.0 Å². The third-order valence-corrected chi connectivity index (χ3v) is 2.73. The summed E-state index contributed by atoms with van der Waals surface area (Å²) in [6.07, 6.45) is 1.64. The molecule has 2 heterocycles. The predicted molar refractivity (Wildman–Crippen MR) is 71.1 cm³/mol. The number of ether oxygens (including phenoxy) is 1. The smallest absolute Gasteiger partial charge is 0.268 e. The zero-order valence-corrected chi connectivity index (χ0v) is 11.3. The summed E-state index contributed by atoms with van der Waals surface area (Å²) in [5, 5.41) is 4.04. The molecule has 2 rings (SSSR count). The van der Waals surface area contributed by atoms with Crippen LogP contribution in [0.2, 0.25) is 0 Å². The normalized spacial score (nSPS) is 10.2. The number of aromatic nitrogens is 3. The molecule has 0 saturated carbocycles. The molecule has 88 valence electrons. The van der Waals surface area contributed by atoms with Gasteiger partial charge in [-0.15, -0.1) is 0 Å². The molecule has 0 aliphatic rings. The molecule has 17 heavy (non-hydrogen) atoms. The van der Waals surface area contributed by atoms with Crippen LogP contribution >= 0.6 is 22.6 Å². The lowest BCUT2D eigenvalue weighted by molar-refractivity contribution is 0.395. The molecule has 0 atom stereocenters. The van der Waals surface area contributed by atoms with Crippen LogP contribution in [0, 0.1) is 3.57 Å². The first kappa shape index (κ1) is 12.0. The third-order valence-electron chi connectivity index (χ3n) is 2.14. The van der Waals surface area contributed by atoms with Gasteiger partial charge in [-0.05, 0) is 28.7 Å². The highest BCUT2D eigenvalue weighted by Crippen LogP contribution is 2.07. The second kappa shape index (κ2) is 5.26. The fourth-order valence-electron chi connectivity index (χ4n) is 1.34. The van der Waals surface area contributed by atoms with Gasteiger partial charge in [0.2, 0.25) is 5.88 Å². The van der Waals surface area contributed by atoms with Crippen LogP contribution in [0.1, 0.15) is 5.69 Å². The highest BCUT2D eigenvalue weighted by molar-refractivity contribution is 14.1. The molecule has 0 radical (unpaired) electrons. The third kappa shape index (κ3) is 3.02. The Bertz CT molecular complexity index is 583. The van der Waals surface area contributed by atoms with Gasteiger partial charge < -0.3 is 4.74 Å². The highest BCUT2D eigenvalue weighted by atomic mass is 127. The van der Waals surface area contributed by atoms with Gasteiger partial charge in [0.05, 0.1) is 25.5 Å². The zero-order valence-electron chi connectivity index (χ0n) is 9.13. The number of methoxy groups -OCH3 is 1. The van der Waals surface area contributed by atoms with Gasteiger partial charge in [0.15, 0.2) is 0 Å². The van der Waals surface area contributed by atoms with Gasteiger partial charge in [-0.2, -0.15) is 5.10 Å². The molecule has 2 aromatic rings. The van der Waals surface area contributed by atoms with Crippen molar-refractivity contribution in [2.75, 3.05) is 7.11 Å². The van der Waals surface area contributed by atoms with E-state index in [4.69, 9.17) is 4.74 Å². The largest absolute Gasteiger partial charge is 0.481 e. The van der Waals surface area contributed by atoms with Crippen molar-refractivity contribution in [3.63, 3.8) is 0 Å². The van der Waals surface area contributed by atoms with Crippen LogP contribution in [0.4, 0.5) is 0 Å². The molecule has 0 saturated heterocycles. The van der Waals surface area contributed by atoms with Crippen molar-refractivity contribution in [1.82, 2.24) is 14.8 Å². The van der Waals surface area contributed by atoms with Crippen LogP contribution in [-0.2, 0) is 6.54 Å². The Morgan fingerprint density at radius 2 is 2.29 bits per heavy atom. The maximum Gasteiger partial charge on any atom is 0.268 e. The molecule has 0 amide bonds. The first-order valence-electron chi connectivity index (χ1n) is 4.91. The summed E-state index contributed by atoms with van der Waals surface area (Å²) >= 11 is 2.05. The minimum Gasteiger partial charge on any atom is -0.481 e.